The van der Waals surface area contributed by atoms with Gasteiger partial charge in [-0.3, -0.25) is 9.59 Å². The molecule has 1 aromatic carbocycles. The van der Waals surface area contributed by atoms with E-state index in [2.05, 4.69) is 0 Å². The molecule has 0 unspecified atom stereocenters. The number of esters is 2. The maximum Gasteiger partial charge on any atom is 0.305 e. The summed E-state index contributed by atoms with van der Waals surface area (Å²) in [6.07, 6.45) is 2.48. The van der Waals surface area contributed by atoms with Gasteiger partial charge in [-0.1, -0.05) is 6.07 Å². The summed E-state index contributed by atoms with van der Waals surface area (Å²) in [5.41, 5.74) is 6.67. The second-order valence-corrected chi connectivity index (χ2v) is 5.83. The zero-order chi connectivity index (χ0) is 19.9. The van der Waals surface area contributed by atoms with E-state index in [1.807, 2.05) is 18.2 Å². The minimum absolute atomic E-state index is 0.227. The number of carbonyl (C=O) groups is 2. The van der Waals surface area contributed by atoms with Crippen LogP contribution in [0.5, 0.6) is 11.5 Å². The molecule has 0 amide bonds. The predicted octanol–water partition coefficient (Wildman–Crippen LogP) is 2.63. The van der Waals surface area contributed by atoms with E-state index in [0.29, 0.717) is 70.2 Å². The van der Waals surface area contributed by atoms with Crippen molar-refractivity contribution < 1.29 is 28.5 Å². The third-order valence-electron chi connectivity index (χ3n) is 3.62. The van der Waals surface area contributed by atoms with E-state index in [0.717, 1.165) is 12.0 Å². The molecule has 0 bridgehead atoms. The van der Waals surface area contributed by atoms with Crippen LogP contribution in [0.25, 0.3) is 0 Å². The van der Waals surface area contributed by atoms with E-state index >= 15 is 0 Å². The van der Waals surface area contributed by atoms with Gasteiger partial charge >= 0.3 is 11.9 Å². The summed E-state index contributed by atoms with van der Waals surface area (Å²) < 4.78 is 21.4. The molecular formula is C20H31NO6. The van der Waals surface area contributed by atoms with Crippen LogP contribution in [0.2, 0.25) is 0 Å². The molecule has 7 nitrogen and oxygen atoms in total. The molecular weight excluding hydrogens is 350 g/mol. The molecule has 1 rings (SSSR count). The Morgan fingerprint density at radius 3 is 1.96 bits per heavy atom. The maximum atomic E-state index is 11.4. The topological polar surface area (TPSA) is 97.1 Å². The van der Waals surface area contributed by atoms with E-state index in [1.165, 1.54) is 0 Å². The number of nitrogens with two attached hydrogens (primary N) is 1. The minimum Gasteiger partial charge on any atom is -0.490 e. The van der Waals surface area contributed by atoms with E-state index in [9.17, 15) is 9.59 Å². The second kappa shape index (κ2) is 13.9. The largest absolute Gasteiger partial charge is 0.490 e. The molecule has 0 aliphatic carbocycles. The molecule has 0 atom stereocenters. The Bertz CT molecular complexity index is 576. The van der Waals surface area contributed by atoms with Gasteiger partial charge in [0.15, 0.2) is 11.5 Å². The Balaban J connectivity index is 2.54. The SMILES string of the molecule is CCOC(=O)CCCOc1ccc(CCN)cc1OCCCC(=O)OCC. The van der Waals surface area contributed by atoms with Crippen molar-refractivity contribution in [1.29, 1.82) is 0 Å². The Labute approximate surface area is 161 Å². The van der Waals surface area contributed by atoms with Gasteiger partial charge < -0.3 is 24.7 Å². The zero-order valence-corrected chi connectivity index (χ0v) is 16.3. The van der Waals surface area contributed by atoms with Crippen LogP contribution < -0.4 is 15.2 Å². The summed E-state index contributed by atoms with van der Waals surface area (Å²) in [6.45, 7) is 5.63. The van der Waals surface area contributed by atoms with Gasteiger partial charge in [0.05, 0.1) is 26.4 Å². The van der Waals surface area contributed by atoms with Gasteiger partial charge in [0, 0.05) is 12.8 Å². The van der Waals surface area contributed by atoms with Gasteiger partial charge in [0.25, 0.3) is 0 Å². The van der Waals surface area contributed by atoms with E-state index in [4.69, 9.17) is 24.7 Å². The minimum atomic E-state index is -0.228. The normalized spacial score (nSPS) is 10.3. The van der Waals surface area contributed by atoms with Gasteiger partial charge in [0.1, 0.15) is 0 Å². The monoisotopic (exact) mass is 381 g/mol. The summed E-state index contributed by atoms with van der Waals surface area (Å²) in [5, 5.41) is 0. The van der Waals surface area contributed by atoms with Crippen LogP contribution in [0.4, 0.5) is 0 Å². The first kappa shape index (κ1) is 22.8. The fraction of sp³-hybridized carbons (Fsp3) is 0.600. The van der Waals surface area contributed by atoms with Crippen molar-refractivity contribution in [2.45, 2.75) is 46.0 Å². The summed E-state index contributed by atoms with van der Waals surface area (Å²) >= 11 is 0. The molecule has 0 aromatic heterocycles. The van der Waals surface area contributed by atoms with Crippen LogP contribution in [0.3, 0.4) is 0 Å². The number of hydrogen-bond acceptors (Lipinski definition) is 7. The maximum absolute atomic E-state index is 11.4. The Hall–Kier alpha value is -2.28. The summed E-state index contributed by atoms with van der Waals surface area (Å²) in [7, 11) is 0. The molecule has 152 valence electrons. The van der Waals surface area contributed by atoms with Gasteiger partial charge in [-0.05, 0) is 57.4 Å². The molecule has 2 N–H and O–H groups in total. The Morgan fingerprint density at radius 1 is 0.889 bits per heavy atom. The lowest BCUT2D eigenvalue weighted by Crippen LogP contribution is -2.09. The van der Waals surface area contributed by atoms with E-state index in [1.54, 1.807) is 13.8 Å². The molecule has 0 fully saturated rings. The van der Waals surface area contributed by atoms with Crippen LogP contribution in [0.1, 0.15) is 45.1 Å². The lowest BCUT2D eigenvalue weighted by molar-refractivity contribution is -0.144. The second-order valence-electron chi connectivity index (χ2n) is 5.83. The molecule has 0 saturated carbocycles. The van der Waals surface area contributed by atoms with Gasteiger partial charge in [-0.2, -0.15) is 0 Å². The first-order valence-electron chi connectivity index (χ1n) is 9.50. The lowest BCUT2D eigenvalue weighted by atomic mass is 10.1. The van der Waals surface area contributed by atoms with Crippen molar-refractivity contribution in [2.24, 2.45) is 5.73 Å². The van der Waals surface area contributed by atoms with Crippen LogP contribution >= 0.6 is 0 Å². The molecule has 0 heterocycles. The highest BCUT2D eigenvalue weighted by atomic mass is 16.5. The highest BCUT2D eigenvalue weighted by Crippen LogP contribution is 2.29. The van der Waals surface area contributed by atoms with E-state index < -0.39 is 0 Å². The first-order valence-corrected chi connectivity index (χ1v) is 9.50. The van der Waals surface area contributed by atoms with Crippen molar-refractivity contribution in [3.05, 3.63) is 23.8 Å². The average molecular weight is 381 g/mol. The average Bonchev–Trinajstić information content (AvgIpc) is 2.64. The van der Waals surface area contributed by atoms with Crippen LogP contribution in [0.15, 0.2) is 18.2 Å². The smallest absolute Gasteiger partial charge is 0.305 e. The van der Waals surface area contributed by atoms with Crippen molar-refractivity contribution >= 4 is 11.9 Å². The molecule has 27 heavy (non-hydrogen) atoms. The van der Waals surface area contributed by atoms with Crippen molar-refractivity contribution in [2.75, 3.05) is 33.0 Å². The number of ether oxygens (including phenoxy) is 4. The molecule has 0 aliphatic rings. The molecule has 0 aliphatic heterocycles. The molecule has 0 saturated heterocycles. The third kappa shape index (κ3) is 9.84. The lowest BCUT2D eigenvalue weighted by Gasteiger charge is -2.14. The number of benzene rings is 1. The fourth-order valence-electron chi connectivity index (χ4n) is 2.37. The van der Waals surface area contributed by atoms with Gasteiger partial charge in [-0.25, -0.2) is 0 Å². The summed E-state index contributed by atoms with van der Waals surface area (Å²) in [4.78, 5) is 22.7. The van der Waals surface area contributed by atoms with Crippen LogP contribution in [-0.4, -0.2) is 44.9 Å². The quantitative estimate of drug-likeness (QED) is 0.391. The van der Waals surface area contributed by atoms with Gasteiger partial charge in [0.2, 0.25) is 0 Å². The standard InChI is InChI=1S/C20H31NO6/c1-3-24-19(22)7-5-13-26-17-10-9-16(11-12-21)15-18(17)27-14-6-8-20(23)25-4-2/h9-10,15H,3-8,11-14,21H2,1-2H3. The third-order valence-corrected chi connectivity index (χ3v) is 3.62. The van der Waals surface area contributed by atoms with Crippen molar-refractivity contribution in [3.63, 3.8) is 0 Å². The molecule has 0 spiro atoms. The van der Waals surface area contributed by atoms with E-state index in [-0.39, 0.29) is 11.9 Å². The highest BCUT2D eigenvalue weighted by Gasteiger charge is 2.09. The summed E-state index contributed by atoms with van der Waals surface area (Å²) in [5.74, 6) is 0.764. The number of hydrogen-bond donors (Lipinski definition) is 1. The Morgan fingerprint density at radius 2 is 1.44 bits per heavy atom. The zero-order valence-electron chi connectivity index (χ0n) is 16.3. The molecule has 0 radical (unpaired) electrons. The fourth-order valence-corrected chi connectivity index (χ4v) is 2.37. The molecule has 1 aromatic rings. The Kier molecular flexibility index (Phi) is 11.7. The highest BCUT2D eigenvalue weighted by molar-refractivity contribution is 5.69. The van der Waals surface area contributed by atoms with Crippen LogP contribution in [0, 0.1) is 0 Å². The van der Waals surface area contributed by atoms with Gasteiger partial charge in [-0.15, -0.1) is 0 Å². The predicted molar refractivity (Wildman–Crippen MR) is 102 cm³/mol. The number of rotatable bonds is 14. The number of carbonyl (C=O) groups excluding carboxylic acids is 2. The van der Waals surface area contributed by atoms with Crippen molar-refractivity contribution in [3.8, 4) is 11.5 Å². The van der Waals surface area contributed by atoms with Crippen LogP contribution in [-0.2, 0) is 25.5 Å². The first-order chi connectivity index (χ1) is 13.1. The van der Waals surface area contributed by atoms with Crippen molar-refractivity contribution in [1.82, 2.24) is 0 Å². The summed E-state index contributed by atoms with van der Waals surface area (Å²) in [6, 6.07) is 5.69. The molecule has 7 heteroatoms.